The number of aromatic nitrogens is 3. The summed E-state index contributed by atoms with van der Waals surface area (Å²) in [5, 5.41) is 0. The van der Waals surface area contributed by atoms with Gasteiger partial charge >= 0.3 is 0 Å². The molecule has 0 radical (unpaired) electrons. The number of benzene rings is 1. The molecule has 2 heterocycles. The zero-order valence-corrected chi connectivity index (χ0v) is 13.6. The van der Waals surface area contributed by atoms with Gasteiger partial charge in [0, 0.05) is 5.56 Å². The van der Waals surface area contributed by atoms with E-state index in [2.05, 4.69) is 57.4 Å². The lowest BCUT2D eigenvalue weighted by Crippen LogP contribution is -2.24. The number of nitrogens with zero attached hydrogens (tertiary/aromatic N) is 3. The zero-order chi connectivity index (χ0) is 15.7. The molecule has 0 aliphatic carbocycles. The van der Waals surface area contributed by atoms with E-state index in [9.17, 15) is 0 Å². The first kappa shape index (κ1) is 14.5. The van der Waals surface area contributed by atoms with Crippen molar-refractivity contribution < 1.29 is 4.57 Å². The SMILES string of the molecule is Cc1cc(C)c(-c2cccc(Cn3[c-][n+](C)cc3)n2)c(C)c1. The summed E-state index contributed by atoms with van der Waals surface area (Å²) < 4.78 is 3.93. The van der Waals surface area contributed by atoms with E-state index >= 15 is 0 Å². The predicted octanol–water partition coefficient (Wildman–Crippen LogP) is 3.15. The lowest BCUT2D eigenvalue weighted by atomic mass is 9.97. The molecule has 3 aromatic rings. The van der Waals surface area contributed by atoms with Gasteiger partial charge in [-0.2, -0.15) is 0 Å². The first-order valence-corrected chi connectivity index (χ1v) is 7.51. The van der Waals surface area contributed by atoms with Crippen LogP contribution in [0, 0.1) is 27.1 Å². The van der Waals surface area contributed by atoms with Crippen molar-refractivity contribution in [3.8, 4) is 11.3 Å². The number of imidazole rings is 1. The maximum absolute atomic E-state index is 4.85. The third kappa shape index (κ3) is 2.93. The van der Waals surface area contributed by atoms with E-state index < -0.39 is 0 Å². The fourth-order valence-electron chi connectivity index (χ4n) is 3.00. The standard InChI is InChI=1S/C19H21N3/c1-14-10-15(2)19(16(3)11-14)18-7-5-6-17(20-18)12-22-9-8-21(4)13-22/h5-11H,12H2,1-4H3. The van der Waals surface area contributed by atoms with Crippen molar-refractivity contribution in [2.24, 2.45) is 7.05 Å². The number of hydrogen-bond donors (Lipinski definition) is 0. The van der Waals surface area contributed by atoms with Crippen molar-refractivity contribution >= 4 is 0 Å². The Kier molecular flexibility index (Phi) is 3.80. The van der Waals surface area contributed by atoms with E-state index in [0.717, 1.165) is 17.9 Å². The minimum Gasteiger partial charge on any atom is -0.354 e. The van der Waals surface area contributed by atoms with Crippen LogP contribution in [-0.4, -0.2) is 9.55 Å². The minimum atomic E-state index is 0.735. The highest BCUT2D eigenvalue weighted by Gasteiger charge is 2.09. The Morgan fingerprint density at radius 2 is 1.86 bits per heavy atom. The number of aryl methyl sites for hydroxylation is 4. The van der Waals surface area contributed by atoms with Crippen LogP contribution >= 0.6 is 0 Å². The fraction of sp³-hybridized carbons (Fsp3) is 0.263. The Hall–Kier alpha value is -2.42. The molecule has 3 heteroatoms. The maximum Gasteiger partial charge on any atom is 0.204 e. The summed E-state index contributed by atoms with van der Waals surface area (Å²) in [6, 6.07) is 10.7. The molecule has 0 amide bonds. The van der Waals surface area contributed by atoms with E-state index in [1.165, 1.54) is 22.3 Å². The molecule has 0 aliphatic rings. The van der Waals surface area contributed by atoms with Gasteiger partial charge in [0.2, 0.25) is 6.33 Å². The Morgan fingerprint density at radius 1 is 1.14 bits per heavy atom. The van der Waals surface area contributed by atoms with Crippen LogP contribution in [-0.2, 0) is 13.6 Å². The van der Waals surface area contributed by atoms with Gasteiger partial charge in [-0.05, 0) is 56.4 Å². The van der Waals surface area contributed by atoms with E-state index in [4.69, 9.17) is 4.98 Å². The summed E-state index contributed by atoms with van der Waals surface area (Å²) in [6.45, 7) is 7.18. The maximum atomic E-state index is 4.85. The lowest BCUT2D eigenvalue weighted by Gasteiger charge is -2.12. The largest absolute Gasteiger partial charge is 0.354 e. The van der Waals surface area contributed by atoms with E-state index in [0.29, 0.717) is 0 Å². The number of pyridine rings is 1. The van der Waals surface area contributed by atoms with Gasteiger partial charge < -0.3 is 9.13 Å². The van der Waals surface area contributed by atoms with Gasteiger partial charge in [-0.15, -0.1) is 0 Å². The summed E-state index contributed by atoms with van der Waals surface area (Å²) in [5.41, 5.74) is 7.19. The van der Waals surface area contributed by atoms with Crippen LogP contribution in [0.3, 0.4) is 0 Å². The first-order valence-electron chi connectivity index (χ1n) is 7.51. The summed E-state index contributed by atoms with van der Waals surface area (Å²) in [6.07, 6.45) is 7.20. The molecule has 0 saturated heterocycles. The molecule has 0 unspecified atom stereocenters. The second-order valence-corrected chi connectivity index (χ2v) is 5.92. The van der Waals surface area contributed by atoms with Crippen LogP contribution in [0.5, 0.6) is 0 Å². The highest BCUT2D eigenvalue weighted by atomic mass is 15.1. The van der Waals surface area contributed by atoms with Crippen molar-refractivity contribution in [2.75, 3.05) is 0 Å². The number of hydrogen-bond acceptors (Lipinski definition) is 1. The molecule has 0 N–H and O–H groups in total. The van der Waals surface area contributed by atoms with Crippen LogP contribution in [0.15, 0.2) is 42.7 Å². The highest BCUT2D eigenvalue weighted by Crippen LogP contribution is 2.27. The topological polar surface area (TPSA) is 21.7 Å². The highest BCUT2D eigenvalue weighted by molar-refractivity contribution is 5.68. The first-order chi connectivity index (χ1) is 10.5. The molecule has 3 nitrogen and oxygen atoms in total. The summed E-state index contributed by atoms with van der Waals surface area (Å²) >= 11 is 0. The van der Waals surface area contributed by atoms with E-state index in [1.54, 1.807) is 0 Å². The molecule has 2 aromatic heterocycles. The molecule has 0 spiro atoms. The fourth-order valence-corrected chi connectivity index (χ4v) is 3.00. The average Bonchev–Trinajstić information content (AvgIpc) is 2.83. The van der Waals surface area contributed by atoms with Gasteiger partial charge in [0.05, 0.1) is 18.4 Å². The van der Waals surface area contributed by atoms with E-state index in [1.807, 2.05) is 28.6 Å². The molecule has 22 heavy (non-hydrogen) atoms. The van der Waals surface area contributed by atoms with Crippen molar-refractivity contribution in [1.82, 2.24) is 9.55 Å². The van der Waals surface area contributed by atoms with Crippen molar-refractivity contribution in [3.05, 3.63) is 71.4 Å². The van der Waals surface area contributed by atoms with Crippen molar-refractivity contribution in [3.63, 3.8) is 0 Å². The zero-order valence-electron chi connectivity index (χ0n) is 13.6. The molecule has 112 valence electrons. The average molecular weight is 291 g/mol. The molecule has 0 saturated carbocycles. The lowest BCUT2D eigenvalue weighted by molar-refractivity contribution is -0.675. The monoisotopic (exact) mass is 291 g/mol. The Balaban J connectivity index is 1.98. The van der Waals surface area contributed by atoms with Gasteiger partial charge in [-0.1, -0.05) is 23.8 Å². The van der Waals surface area contributed by atoms with Crippen LogP contribution in [0.2, 0.25) is 0 Å². The summed E-state index contributed by atoms with van der Waals surface area (Å²) in [5.74, 6) is 0. The van der Waals surface area contributed by atoms with Crippen molar-refractivity contribution in [1.29, 1.82) is 0 Å². The predicted molar refractivity (Wildman–Crippen MR) is 87.4 cm³/mol. The van der Waals surface area contributed by atoms with Gasteiger partial charge in [0.25, 0.3) is 0 Å². The second-order valence-electron chi connectivity index (χ2n) is 5.92. The van der Waals surface area contributed by atoms with Gasteiger partial charge in [-0.25, -0.2) is 4.98 Å². The molecular formula is C19H21N3. The van der Waals surface area contributed by atoms with Crippen LogP contribution in [0.4, 0.5) is 0 Å². The van der Waals surface area contributed by atoms with Crippen molar-refractivity contribution in [2.45, 2.75) is 27.3 Å². The van der Waals surface area contributed by atoms with Gasteiger partial charge in [-0.3, -0.25) is 0 Å². The minimum absolute atomic E-state index is 0.735. The Bertz CT molecular complexity index is 792. The normalized spacial score (nSPS) is 10.9. The van der Waals surface area contributed by atoms with Crippen LogP contribution in [0.1, 0.15) is 22.4 Å². The van der Waals surface area contributed by atoms with Crippen LogP contribution < -0.4 is 4.57 Å². The Morgan fingerprint density at radius 3 is 2.50 bits per heavy atom. The summed E-state index contributed by atoms with van der Waals surface area (Å²) in [7, 11) is 1.97. The molecular weight excluding hydrogens is 270 g/mol. The van der Waals surface area contributed by atoms with Gasteiger partial charge in [0.15, 0.2) is 0 Å². The number of rotatable bonds is 3. The third-order valence-corrected chi connectivity index (χ3v) is 3.83. The molecule has 0 fully saturated rings. The van der Waals surface area contributed by atoms with E-state index in [-0.39, 0.29) is 0 Å². The molecule has 0 bridgehead atoms. The third-order valence-electron chi connectivity index (χ3n) is 3.83. The second kappa shape index (κ2) is 5.76. The van der Waals surface area contributed by atoms with Gasteiger partial charge in [0.1, 0.15) is 6.54 Å². The summed E-state index contributed by atoms with van der Waals surface area (Å²) in [4.78, 5) is 4.85. The molecule has 0 atom stereocenters. The molecule has 3 rings (SSSR count). The Labute approximate surface area is 131 Å². The molecule has 1 aromatic carbocycles. The van der Waals surface area contributed by atoms with Crippen LogP contribution in [0.25, 0.3) is 11.3 Å². The quantitative estimate of drug-likeness (QED) is 0.536. The smallest absolute Gasteiger partial charge is 0.204 e. The molecule has 0 aliphatic heterocycles.